The minimum atomic E-state index is -0.520. The van der Waals surface area contributed by atoms with E-state index in [9.17, 15) is 4.79 Å². The van der Waals surface area contributed by atoms with Gasteiger partial charge in [-0.1, -0.05) is 51.1 Å². The van der Waals surface area contributed by atoms with E-state index in [1.54, 1.807) is 18.4 Å². The van der Waals surface area contributed by atoms with Gasteiger partial charge in [0.2, 0.25) is 0 Å². The largest absolute Gasteiger partial charge is 0.369 e. The van der Waals surface area contributed by atoms with E-state index in [4.69, 9.17) is 4.74 Å². The standard InChI is InChI=1S/C17H21NO2S/c1-17(2,3)14-11-21-15(18-14)10-13(19)16(20-4)12-8-6-5-7-9-12/h5-9,11,16H,10H2,1-4H3. The minimum absolute atomic E-state index is 0.0118. The zero-order valence-corrected chi connectivity index (χ0v) is 13.7. The summed E-state index contributed by atoms with van der Waals surface area (Å²) in [6, 6.07) is 9.57. The number of ether oxygens (including phenoxy) is 1. The number of carbonyl (C=O) groups excluding carboxylic acids is 1. The Hall–Kier alpha value is -1.52. The van der Waals surface area contributed by atoms with Crippen molar-refractivity contribution < 1.29 is 9.53 Å². The number of thiazole rings is 1. The topological polar surface area (TPSA) is 39.2 Å². The Labute approximate surface area is 130 Å². The van der Waals surface area contributed by atoms with E-state index < -0.39 is 6.10 Å². The van der Waals surface area contributed by atoms with Gasteiger partial charge in [-0.2, -0.15) is 0 Å². The Morgan fingerprint density at radius 3 is 2.48 bits per heavy atom. The van der Waals surface area contributed by atoms with Crippen molar-refractivity contribution in [2.75, 3.05) is 7.11 Å². The molecule has 4 heteroatoms. The number of nitrogens with zero attached hydrogens (tertiary/aromatic N) is 1. The third-order valence-corrected chi connectivity index (χ3v) is 4.12. The molecule has 1 aromatic carbocycles. The molecule has 0 N–H and O–H groups in total. The molecule has 2 aromatic rings. The number of benzene rings is 1. The van der Waals surface area contributed by atoms with Crippen LogP contribution in [0.2, 0.25) is 0 Å². The van der Waals surface area contributed by atoms with E-state index in [0.717, 1.165) is 16.3 Å². The predicted molar refractivity (Wildman–Crippen MR) is 85.7 cm³/mol. The fourth-order valence-electron chi connectivity index (χ4n) is 2.06. The summed E-state index contributed by atoms with van der Waals surface area (Å²) in [7, 11) is 1.57. The van der Waals surface area contributed by atoms with Gasteiger partial charge in [0.05, 0.1) is 12.1 Å². The smallest absolute Gasteiger partial charge is 0.172 e. The zero-order valence-electron chi connectivity index (χ0n) is 12.9. The van der Waals surface area contributed by atoms with Gasteiger partial charge < -0.3 is 4.74 Å². The fourth-order valence-corrected chi connectivity index (χ4v) is 3.09. The van der Waals surface area contributed by atoms with Crippen molar-refractivity contribution in [3.63, 3.8) is 0 Å². The van der Waals surface area contributed by atoms with Crippen molar-refractivity contribution in [2.45, 2.75) is 38.7 Å². The van der Waals surface area contributed by atoms with E-state index in [1.807, 2.05) is 35.7 Å². The molecule has 1 atom stereocenters. The molecule has 0 aliphatic heterocycles. The van der Waals surface area contributed by atoms with Crippen LogP contribution in [0, 0.1) is 0 Å². The Bertz CT molecular complexity index is 599. The lowest BCUT2D eigenvalue weighted by molar-refractivity contribution is -0.128. The molecule has 0 fully saturated rings. The minimum Gasteiger partial charge on any atom is -0.369 e. The number of aromatic nitrogens is 1. The number of hydrogen-bond acceptors (Lipinski definition) is 4. The van der Waals surface area contributed by atoms with Crippen LogP contribution in [0.5, 0.6) is 0 Å². The summed E-state index contributed by atoms with van der Waals surface area (Å²) in [4.78, 5) is 17.0. The quantitative estimate of drug-likeness (QED) is 0.840. The number of hydrogen-bond donors (Lipinski definition) is 0. The molecule has 0 radical (unpaired) electrons. The maximum atomic E-state index is 12.4. The third kappa shape index (κ3) is 3.99. The normalized spacial score (nSPS) is 13.1. The van der Waals surface area contributed by atoms with Crippen LogP contribution in [0.4, 0.5) is 0 Å². The summed E-state index contributed by atoms with van der Waals surface area (Å²) >= 11 is 1.54. The van der Waals surface area contributed by atoms with Gasteiger partial charge in [0.1, 0.15) is 11.1 Å². The zero-order chi connectivity index (χ0) is 15.5. The molecule has 1 unspecified atom stereocenters. The lowest BCUT2D eigenvalue weighted by Gasteiger charge is -2.15. The van der Waals surface area contributed by atoms with Crippen LogP contribution in [0.25, 0.3) is 0 Å². The summed E-state index contributed by atoms with van der Waals surface area (Å²) in [5, 5.41) is 2.88. The Balaban J connectivity index is 2.11. The maximum absolute atomic E-state index is 12.4. The highest BCUT2D eigenvalue weighted by molar-refractivity contribution is 7.09. The maximum Gasteiger partial charge on any atom is 0.172 e. The second-order valence-electron chi connectivity index (χ2n) is 6.05. The summed E-state index contributed by atoms with van der Waals surface area (Å²) < 4.78 is 5.37. The molecule has 112 valence electrons. The van der Waals surface area contributed by atoms with Crippen molar-refractivity contribution in [3.8, 4) is 0 Å². The van der Waals surface area contributed by atoms with Crippen molar-refractivity contribution in [1.82, 2.24) is 4.98 Å². The van der Waals surface area contributed by atoms with E-state index in [2.05, 4.69) is 25.8 Å². The number of Topliss-reactive ketones (excluding diaryl/α,β-unsaturated/α-hetero) is 1. The number of carbonyl (C=O) groups is 1. The first kappa shape index (κ1) is 15.9. The molecule has 1 heterocycles. The summed E-state index contributed by atoms with van der Waals surface area (Å²) in [5.74, 6) is 0.0403. The second-order valence-corrected chi connectivity index (χ2v) is 6.99. The first-order valence-electron chi connectivity index (χ1n) is 6.97. The van der Waals surface area contributed by atoms with Gasteiger partial charge in [-0.05, 0) is 5.56 Å². The summed E-state index contributed by atoms with van der Waals surface area (Å²) in [6.07, 6.45) is -0.207. The van der Waals surface area contributed by atoms with Crippen LogP contribution in [-0.2, 0) is 21.4 Å². The van der Waals surface area contributed by atoms with Crippen LogP contribution in [-0.4, -0.2) is 17.9 Å². The number of rotatable bonds is 5. The van der Waals surface area contributed by atoms with Crippen molar-refractivity contribution >= 4 is 17.1 Å². The highest BCUT2D eigenvalue weighted by atomic mass is 32.1. The van der Waals surface area contributed by atoms with Crippen molar-refractivity contribution in [2.24, 2.45) is 0 Å². The van der Waals surface area contributed by atoms with Crippen LogP contribution in [0.1, 0.15) is 43.1 Å². The molecule has 21 heavy (non-hydrogen) atoms. The molecule has 0 aliphatic rings. The van der Waals surface area contributed by atoms with Gasteiger partial charge in [-0.15, -0.1) is 11.3 Å². The molecule has 0 bridgehead atoms. The van der Waals surface area contributed by atoms with Gasteiger partial charge in [-0.3, -0.25) is 4.79 Å². The van der Waals surface area contributed by atoms with Gasteiger partial charge in [0.15, 0.2) is 5.78 Å². The summed E-state index contributed by atoms with van der Waals surface area (Å²) in [6.45, 7) is 6.36. The molecule has 1 aromatic heterocycles. The van der Waals surface area contributed by atoms with Gasteiger partial charge >= 0.3 is 0 Å². The number of methoxy groups -OCH3 is 1. The third-order valence-electron chi connectivity index (χ3n) is 3.28. The highest BCUT2D eigenvalue weighted by Gasteiger charge is 2.23. The van der Waals surface area contributed by atoms with Crippen LogP contribution >= 0.6 is 11.3 Å². The van der Waals surface area contributed by atoms with E-state index in [-0.39, 0.29) is 11.2 Å². The van der Waals surface area contributed by atoms with Crippen LogP contribution in [0.3, 0.4) is 0 Å². The molecule has 0 saturated carbocycles. The molecular weight excluding hydrogens is 282 g/mol. The first-order valence-corrected chi connectivity index (χ1v) is 7.85. The fraction of sp³-hybridized carbons (Fsp3) is 0.412. The number of ketones is 1. The van der Waals surface area contributed by atoms with Gasteiger partial charge in [0, 0.05) is 17.9 Å². The van der Waals surface area contributed by atoms with Crippen LogP contribution in [0.15, 0.2) is 35.7 Å². The lowest BCUT2D eigenvalue weighted by Crippen LogP contribution is -2.17. The average molecular weight is 303 g/mol. The van der Waals surface area contributed by atoms with Crippen LogP contribution < -0.4 is 0 Å². The molecule has 0 aliphatic carbocycles. The van der Waals surface area contributed by atoms with E-state index in [0.29, 0.717) is 6.42 Å². The lowest BCUT2D eigenvalue weighted by atomic mass is 9.93. The second kappa shape index (κ2) is 6.50. The Kier molecular flexibility index (Phi) is 4.91. The molecule has 0 spiro atoms. The van der Waals surface area contributed by atoms with E-state index in [1.165, 1.54) is 0 Å². The molecule has 0 amide bonds. The van der Waals surface area contributed by atoms with Crippen molar-refractivity contribution in [3.05, 3.63) is 52.0 Å². The van der Waals surface area contributed by atoms with Gasteiger partial charge in [0.25, 0.3) is 0 Å². The monoisotopic (exact) mass is 303 g/mol. The molecule has 0 saturated heterocycles. The molecular formula is C17H21NO2S. The average Bonchev–Trinajstić information content (AvgIpc) is 2.89. The predicted octanol–water partition coefficient (Wildman–Crippen LogP) is 3.94. The first-order chi connectivity index (χ1) is 9.91. The van der Waals surface area contributed by atoms with Gasteiger partial charge in [-0.25, -0.2) is 4.98 Å². The Morgan fingerprint density at radius 1 is 1.29 bits per heavy atom. The van der Waals surface area contributed by atoms with Crippen molar-refractivity contribution in [1.29, 1.82) is 0 Å². The Morgan fingerprint density at radius 2 is 1.95 bits per heavy atom. The summed E-state index contributed by atoms with van der Waals surface area (Å²) in [5.41, 5.74) is 1.93. The molecule has 2 rings (SSSR count). The molecule has 3 nitrogen and oxygen atoms in total. The SMILES string of the molecule is COC(C(=O)Cc1nc(C(C)(C)C)cs1)c1ccccc1. The van der Waals surface area contributed by atoms with E-state index >= 15 is 0 Å². The highest BCUT2D eigenvalue weighted by Crippen LogP contribution is 2.26.